The Balaban J connectivity index is 1.48. The van der Waals surface area contributed by atoms with Crippen LogP contribution in [0.5, 0.6) is 0 Å². The Labute approximate surface area is 191 Å². The fourth-order valence-electron chi connectivity index (χ4n) is 6.16. The molecule has 0 spiro atoms. The maximum atomic E-state index is 13.2. The summed E-state index contributed by atoms with van der Waals surface area (Å²) in [6.07, 6.45) is 4.30. The van der Waals surface area contributed by atoms with Crippen LogP contribution in [0, 0.1) is 23.2 Å². The molecule has 2 unspecified atom stereocenters. The van der Waals surface area contributed by atoms with Crippen LogP contribution in [0.1, 0.15) is 46.0 Å². The smallest absolute Gasteiger partial charge is 0.311 e. The van der Waals surface area contributed by atoms with E-state index in [0.29, 0.717) is 10.4 Å². The molecule has 0 heterocycles. The molecular weight excluding hydrogens is 484 g/mol. The Hall–Kier alpha value is -1.45. The van der Waals surface area contributed by atoms with E-state index in [4.69, 9.17) is 4.74 Å². The predicted molar refractivity (Wildman–Crippen MR) is 118 cm³/mol. The minimum absolute atomic E-state index is 0.0472. The van der Waals surface area contributed by atoms with Gasteiger partial charge in [0.05, 0.1) is 17.4 Å². The largest absolute Gasteiger partial charge is 0.469 e. The third-order valence-corrected chi connectivity index (χ3v) is 9.94. The van der Waals surface area contributed by atoms with Crippen LogP contribution in [-0.4, -0.2) is 39.0 Å². The molecule has 4 aliphatic rings. The van der Waals surface area contributed by atoms with Crippen LogP contribution >= 0.6 is 15.9 Å². The zero-order chi connectivity index (χ0) is 22.6. The van der Waals surface area contributed by atoms with E-state index in [1.807, 2.05) is 0 Å². The topological polar surface area (TPSA) is 102 Å². The average molecular weight is 513 g/mol. The van der Waals surface area contributed by atoms with Gasteiger partial charge in [0.2, 0.25) is 15.9 Å². The summed E-state index contributed by atoms with van der Waals surface area (Å²) in [6.45, 7) is 3.14. The maximum Gasteiger partial charge on any atom is 0.311 e. The average Bonchev–Trinajstić information content (AvgIpc) is 2.68. The van der Waals surface area contributed by atoms with Gasteiger partial charge >= 0.3 is 5.97 Å². The molecule has 9 heteroatoms. The van der Waals surface area contributed by atoms with E-state index in [-0.39, 0.29) is 34.6 Å². The summed E-state index contributed by atoms with van der Waals surface area (Å²) in [4.78, 5) is 25.8. The molecule has 0 aromatic heterocycles. The van der Waals surface area contributed by atoms with Crippen molar-refractivity contribution < 1.29 is 22.7 Å². The highest BCUT2D eigenvalue weighted by molar-refractivity contribution is 9.10. The zero-order valence-corrected chi connectivity index (χ0v) is 20.4. The third kappa shape index (κ3) is 4.04. The fourth-order valence-corrected chi connectivity index (χ4v) is 8.54. The first-order valence-electron chi connectivity index (χ1n) is 10.7. The molecule has 0 radical (unpaired) electrons. The summed E-state index contributed by atoms with van der Waals surface area (Å²) in [5, 5.41) is 3.14. The highest BCUT2D eigenvalue weighted by Crippen LogP contribution is 2.60. The lowest BCUT2D eigenvalue weighted by molar-refractivity contribution is -0.171. The SMILES string of the molecule is COC(=O)C12CC3CC(C1)C(NC(=O)C(C)(C)NS(=O)(=O)c1ccccc1Br)C(C3)C2. The Kier molecular flexibility index (Phi) is 5.75. The van der Waals surface area contributed by atoms with E-state index in [9.17, 15) is 18.0 Å². The molecule has 7 nitrogen and oxygen atoms in total. The van der Waals surface area contributed by atoms with Gasteiger partial charge in [-0.15, -0.1) is 0 Å². The number of hydrogen-bond acceptors (Lipinski definition) is 5. The first-order valence-corrected chi connectivity index (χ1v) is 12.9. The van der Waals surface area contributed by atoms with E-state index < -0.39 is 21.0 Å². The molecule has 4 saturated carbocycles. The van der Waals surface area contributed by atoms with E-state index in [0.717, 1.165) is 32.1 Å². The van der Waals surface area contributed by atoms with Crippen molar-refractivity contribution in [2.75, 3.05) is 7.11 Å². The van der Waals surface area contributed by atoms with Gasteiger partial charge in [-0.25, -0.2) is 8.42 Å². The highest BCUT2D eigenvalue weighted by atomic mass is 79.9. The molecule has 1 aromatic carbocycles. The monoisotopic (exact) mass is 512 g/mol. The third-order valence-electron chi connectivity index (χ3n) is 7.27. The Morgan fingerprint density at radius 1 is 1.13 bits per heavy atom. The number of amides is 1. The second kappa shape index (κ2) is 7.85. The van der Waals surface area contributed by atoms with Gasteiger partial charge in [-0.3, -0.25) is 9.59 Å². The fraction of sp³-hybridized carbons (Fsp3) is 0.636. The number of rotatable bonds is 6. The molecule has 4 fully saturated rings. The number of benzene rings is 1. The van der Waals surface area contributed by atoms with Crippen LogP contribution in [0.25, 0.3) is 0 Å². The van der Waals surface area contributed by atoms with Gasteiger partial charge in [-0.2, -0.15) is 4.72 Å². The van der Waals surface area contributed by atoms with Crippen molar-refractivity contribution in [3.8, 4) is 0 Å². The number of sulfonamides is 1. The number of esters is 1. The van der Waals surface area contributed by atoms with Crippen LogP contribution in [0.15, 0.2) is 33.6 Å². The van der Waals surface area contributed by atoms with Crippen LogP contribution in [-0.2, 0) is 24.3 Å². The summed E-state index contributed by atoms with van der Waals surface area (Å²) in [7, 11) is -2.45. The lowest BCUT2D eigenvalue weighted by Gasteiger charge is -2.58. The van der Waals surface area contributed by atoms with Gasteiger partial charge in [0.25, 0.3) is 0 Å². The molecule has 31 heavy (non-hydrogen) atoms. The van der Waals surface area contributed by atoms with Gasteiger partial charge < -0.3 is 10.1 Å². The predicted octanol–water partition coefficient (Wildman–Crippen LogP) is 2.99. The van der Waals surface area contributed by atoms with E-state index in [2.05, 4.69) is 26.0 Å². The molecule has 0 aliphatic heterocycles. The second-order valence-electron chi connectivity index (χ2n) is 9.90. The van der Waals surface area contributed by atoms with Crippen LogP contribution in [0.2, 0.25) is 0 Å². The normalized spacial score (nSPS) is 32.0. The highest BCUT2D eigenvalue weighted by Gasteiger charge is 2.59. The van der Waals surface area contributed by atoms with Gasteiger partial charge in [-0.05, 0) is 91.8 Å². The number of carbonyl (C=O) groups is 2. The van der Waals surface area contributed by atoms with Crippen LogP contribution in [0.4, 0.5) is 0 Å². The molecule has 5 rings (SSSR count). The minimum atomic E-state index is -3.90. The Morgan fingerprint density at radius 3 is 2.32 bits per heavy atom. The minimum Gasteiger partial charge on any atom is -0.469 e. The van der Waals surface area contributed by atoms with Crippen molar-refractivity contribution in [3.05, 3.63) is 28.7 Å². The molecule has 4 bridgehead atoms. The van der Waals surface area contributed by atoms with Gasteiger partial charge in [0, 0.05) is 10.5 Å². The quantitative estimate of drug-likeness (QED) is 0.570. The number of nitrogens with one attached hydrogen (secondary N) is 2. The molecule has 2 N–H and O–H groups in total. The van der Waals surface area contributed by atoms with Crippen molar-refractivity contribution >= 4 is 37.8 Å². The molecule has 4 aliphatic carbocycles. The first kappa shape index (κ1) is 22.7. The lowest BCUT2D eigenvalue weighted by atomic mass is 9.48. The Bertz CT molecular complexity index is 993. The Morgan fingerprint density at radius 2 is 1.74 bits per heavy atom. The number of carbonyl (C=O) groups excluding carboxylic acids is 2. The van der Waals surface area contributed by atoms with Gasteiger partial charge in [-0.1, -0.05) is 12.1 Å². The van der Waals surface area contributed by atoms with Crippen molar-refractivity contribution in [3.63, 3.8) is 0 Å². The van der Waals surface area contributed by atoms with Gasteiger partial charge in [0.1, 0.15) is 5.54 Å². The number of methoxy groups -OCH3 is 1. The zero-order valence-electron chi connectivity index (χ0n) is 18.0. The summed E-state index contributed by atoms with van der Waals surface area (Å²) in [5.41, 5.74) is -1.74. The number of hydrogen-bond donors (Lipinski definition) is 2. The van der Waals surface area contributed by atoms with E-state index >= 15 is 0 Å². The van der Waals surface area contributed by atoms with Crippen molar-refractivity contribution in [2.24, 2.45) is 23.2 Å². The first-order chi connectivity index (χ1) is 14.5. The molecule has 170 valence electrons. The second-order valence-corrected chi connectivity index (χ2v) is 12.4. The molecule has 0 saturated heterocycles. The van der Waals surface area contributed by atoms with Gasteiger partial charge in [0.15, 0.2) is 0 Å². The van der Waals surface area contributed by atoms with Crippen molar-refractivity contribution in [1.82, 2.24) is 10.0 Å². The molecule has 1 amide bonds. The summed E-state index contributed by atoms with van der Waals surface area (Å²) < 4.78 is 33.9. The molecule has 2 atom stereocenters. The summed E-state index contributed by atoms with van der Waals surface area (Å²) in [6, 6.07) is 6.46. The van der Waals surface area contributed by atoms with E-state index in [1.54, 1.807) is 32.0 Å². The standard InChI is InChI=1S/C22H29BrN2O5S/c1-21(2,25-31(28,29)17-7-5-4-6-16(17)23)19(26)24-18-14-8-13-9-15(18)12-22(10-13,11-14)20(27)30-3/h4-7,13-15,18,25H,8-12H2,1-3H3,(H,24,26). The van der Waals surface area contributed by atoms with Crippen LogP contribution in [0.3, 0.4) is 0 Å². The van der Waals surface area contributed by atoms with E-state index in [1.165, 1.54) is 13.2 Å². The van der Waals surface area contributed by atoms with Crippen LogP contribution < -0.4 is 10.0 Å². The molecule has 1 aromatic rings. The maximum absolute atomic E-state index is 13.2. The summed E-state index contributed by atoms with van der Waals surface area (Å²) >= 11 is 3.26. The number of halogens is 1. The van der Waals surface area contributed by atoms with Crippen molar-refractivity contribution in [1.29, 1.82) is 0 Å². The lowest BCUT2D eigenvalue weighted by Crippen LogP contribution is -2.64. The number of ether oxygens (including phenoxy) is 1. The van der Waals surface area contributed by atoms with Crippen molar-refractivity contribution in [2.45, 2.75) is 62.4 Å². The molecular formula is C22H29BrN2O5S. The summed E-state index contributed by atoms with van der Waals surface area (Å²) in [5.74, 6) is 0.438.